The molecule has 120 valence electrons. The fourth-order valence-electron chi connectivity index (χ4n) is 3.02. The van der Waals surface area contributed by atoms with Crippen molar-refractivity contribution in [3.05, 3.63) is 71.3 Å². The van der Waals surface area contributed by atoms with Crippen molar-refractivity contribution in [2.24, 2.45) is 4.99 Å². The molecule has 1 heterocycles. The van der Waals surface area contributed by atoms with Gasteiger partial charge in [0.15, 0.2) is 0 Å². The molecular weight excluding hydrogens is 284 g/mol. The molecule has 0 saturated carbocycles. The number of amidine groups is 1. The summed E-state index contributed by atoms with van der Waals surface area (Å²) in [4.78, 5) is 6.72. The maximum absolute atomic E-state index is 6.31. The van der Waals surface area contributed by atoms with Gasteiger partial charge >= 0.3 is 0 Å². The van der Waals surface area contributed by atoms with Crippen molar-refractivity contribution in [2.45, 2.75) is 20.0 Å². The molecule has 0 spiro atoms. The molecule has 23 heavy (non-hydrogen) atoms. The Hall–Kier alpha value is -2.13. The summed E-state index contributed by atoms with van der Waals surface area (Å²) in [6.45, 7) is 7.72. The van der Waals surface area contributed by atoms with Crippen molar-refractivity contribution in [2.75, 3.05) is 26.2 Å². The van der Waals surface area contributed by atoms with Gasteiger partial charge in [0, 0.05) is 13.1 Å². The van der Waals surface area contributed by atoms with Gasteiger partial charge in [0.1, 0.15) is 6.10 Å². The summed E-state index contributed by atoms with van der Waals surface area (Å²) >= 11 is 0. The van der Waals surface area contributed by atoms with Gasteiger partial charge in [-0.3, -0.25) is 4.99 Å². The van der Waals surface area contributed by atoms with Crippen LogP contribution in [0.2, 0.25) is 0 Å². The van der Waals surface area contributed by atoms with Gasteiger partial charge in [-0.05, 0) is 30.5 Å². The van der Waals surface area contributed by atoms with Crippen molar-refractivity contribution in [3.8, 4) is 0 Å². The molecule has 0 amide bonds. The molecule has 3 nitrogen and oxygen atoms in total. The van der Waals surface area contributed by atoms with E-state index in [9.17, 15) is 0 Å². The van der Waals surface area contributed by atoms with Crippen molar-refractivity contribution < 1.29 is 4.74 Å². The monoisotopic (exact) mass is 308 g/mol. The van der Waals surface area contributed by atoms with E-state index in [0.717, 1.165) is 25.5 Å². The lowest BCUT2D eigenvalue weighted by Crippen LogP contribution is -2.30. The van der Waals surface area contributed by atoms with Gasteiger partial charge in [-0.25, -0.2) is 0 Å². The van der Waals surface area contributed by atoms with Gasteiger partial charge in [-0.1, -0.05) is 54.6 Å². The quantitative estimate of drug-likeness (QED) is 0.810. The Morgan fingerprint density at radius 2 is 1.78 bits per heavy atom. The lowest BCUT2D eigenvalue weighted by Gasteiger charge is -2.23. The summed E-state index contributed by atoms with van der Waals surface area (Å²) in [5.41, 5.74) is 3.71. The van der Waals surface area contributed by atoms with Crippen LogP contribution < -0.4 is 0 Å². The number of ether oxygens (including phenoxy) is 1. The maximum atomic E-state index is 6.31. The molecular formula is C20H24N2O. The summed E-state index contributed by atoms with van der Waals surface area (Å²) in [7, 11) is 0. The number of nitrogens with zero attached hydrogens (tertiary/aromatic N) is 2. The first-order chi connectivity index (χ1) is 11.3. The minimum absolute atomic E-state index is 0.0164. The first-order valence-corrected chi connectivity index (χ1v) is 8.24. The van der Waals surface area contributed by atoms with E-state index in [0.29, 0.717) is 6.61 Å². The van der Waals surface area contributed by atoms with E-state index in [1.807, 2.05) is 6.07 Å². The predicted molar refractivity (Wildman–Crippen MR) is 95.0 cm³/mol. The van der Waals surface area contributed by atoms with E-state index in [2.05, 4.69) is 72.3 Å². The topological polar surface area (TPSA) is 24.8 Å². The highest BCUT2D eigenvalue weighted by molar-refractivity contribution is 5.81. The zero-order valence-corrected chi connectivity index (χ0v) is 13.9. The van der Waals surface area contributed by atoms with E-state index >= 15 is 0 Å². The van der Waals surface area contributed by atoms with Crippen LogP contribution >= 0.6 is 0 Å². The Morgan fingerprint density at radius 3 is 2.48 bits per heavy atom. The average Bonchev–Trinajstić information content (AvgIpc) is 2.99. The lowest BCUT2D eigenvalue weighted by molar-refractivity contribution is 0.0717. The van der Waals surface area contributed by atoms with E-state index in [4.69, 9.17) is 4.74 Å². The first-order valence-electron chi connectivity index (χ1n) is 8.24. The largest absolute Gasteiger partial charge is 0.367 e. The number of aryl methyl sites for hydroxylation is 1. The highest BCUT2D eigenvalue weighted by Gasteiger charge is 2.18. The van der Waals surface area contributed by atoms with E-state index in [1.54, 1.807) is 0 Å². The molecule has 0 saturated heterocycles. The Kier molecular flexibility index (Phi) is 5.09. The van der Waals surface area contributed by atoms with Crippen LogP contribution in [-0.4, -0.2) is 37.0 Å². The normalized spacial score (nSPS) is 15.6. The molecule has 0 aromatic heterocycles. The molecule has 0 N–H and O–H groups in total. The fourth-order valence-corrected chi connectivity index (χ4v) is 3.02. The van der Waals surface area contributed by atoms with Gasteiger partial charge in [-0.2, -0.15) is 0 Å². The van der Waals surface area contributed by atoms with E-state index < -0.39 is 0 Å². The summed E-state index contributed by atoms with van der Waals surface area (Å²) in [5.74, 6) is 1.13. The maximum Gasteiger partial charge on any atom is 0.108 e. The minimum atomic E-state index is -0.0164. The summed E-state index contributed by atoms with van der Waals surface area (Å²) < 4.78 is 6.31. The predicted octanol–water partition coefficient (Wildman–Crippen LogP) is 3.84. The fraction of sp³-hybridized carbons (Fsp3) is 0.350. The minimum Gasteiger partial charge on any atom is -0.367 e. The molecule has 0 fully saturated rings. The third kappa shape index (κ3) is 3.80. The Morgan fingerprint density at radius 1 is 1.04 bits per heavy atom. The van der Waals surface area contributed by atoms with Crippen LogP contribution in [0.5, 0.6) is 0 Å². The zero-order chi connectivity index (χ0) is 16.1. The molecule has 2 aromatic carbocycles. The average molecular weight is 308 g/mol. The SMILES string of the molecule is CC1=NCCN1CCOC(c1ccccc1)c1ccccc1C. The summed E-state index contributed by atoms with van der Waals surface area (Å²) in [6, 6.07) is 18.9. The van der Waals surface area contributed by atoms with Gasteiger partial charge in [0.2, 0.25) is 0 Å². The molecule has 3 rings (SSSR count). The van der Waals surface area contributed by atoms with Crippen LogP contribution in [0.15, 0.2) is 59.6 Å². The summed E-state index contributed by atoms with van der Waals surface area (Å²) in [5, 5.41) is 0. The van der Waals surface area contributed by atoms with Crippen molar-refractivity contribution in [1.82, 2.24) is 4.90 Å². The molecule has 3 heteroatoms. The number of aliphatic imine (C=N–C) groups is 1. The third-order valence-corrected chi connectivity index (χ3v) is 4.39. The number of hydrogen-bond donors (Lipinski definition) is 0. The highest BCUT2D eigenvalue weighted by Crippen LogP contribution is 2.28. The zero-order valence-electron chi connectivity index (χ0n) is 13.9. The van der Waals surface area contributed by atoms with Crippen LogP contribution in [0.3, 0.4) is 0 Å². The van der Waals surface area contributed by atoms with E-state index in [-0.39, 0.29) is 6.10 Å². The highest BCUT2D eigenvalue weighted by atomic mass is 16.5. The Balaban J connectivity index is 1.74. The lowest BCUT2D eigenvalue weighted by atomic mass is 9.97. The van der Waals surface area contributed by atoms with Crippen molar-refractivity contribution >= 4 is 5.84 Å². The molecule has 2 aromatic rings. The molecule has 1 aliphatic rings. The molecule has 1 unspecified atom stereocenters. The standard InChI is InChI=1S/C20H24N2O/c1-16-8-6-7-11-19(16)20(18-9-4-3-5-10-18)23-15-14-22-13-12-21-17(22)2/h3-11,20H,12-15H2,1-2H3. The van der Waals surface area contributed by atoms with Crippen LogP contribution in [0.4, 0.5) is 0 Å². The summed E-state index contributed by atoms with van der Waals surface area (Å²) in [6.07, 6.45) is -0.0164. The first kappa shape index (κ1) is 15.8. The third-order valence-electron chi connectivity index (χ3n) is 4.39. The second-order valence-corrected chi connectivity index (χ2v) is 5.93. The van der Waals surface area contributed by atoms with Gasteiger partial charge in [-0.15, -0.1) is 0 Å². The van der Waals surface area contributed by atoms with Gasteiger partial charge < -0.3 is 9.64 Å². The van der Waals surface area contributed by atoms with Crippen LogP contribution in [0, 0.1) is 6.92 Å². The smallest absolute Gasteiger partial charge is 0.108 e. The Labute approximate surface area is 138 Å². The molecule has 0 bridgehead atoms. The van der Waals surface area contributed by atoms with Gasteiger partial charge in [0.05, 0.1) is 19.0 Å². The second kappa shape index (κ2) is 7.42. The molecule has 0 aliphatic carbocycles. The Bertz CT molecular complexity index is 666. The number of rotatable bonds is 6. The van der Waals surface area contributed by atoms with Crippen LogP contribution in [0.1, 0.15) is 29.7 Å². The molecule has 1 atom stereocenters. The van der Waals surface area contributed by atoms with Gasteiger partial charge in [0.25, 0.3) is 0 Å². The van der Waals surface area contributed by atoms with Crippen molar-refractivity contribution in [1.29, 1.82) is 0 Å². The number of hydrogen-bond acceptors (Lipinski definition) is 3. The van der Waals surface area contributed by atoms with Crippen LogP contribution in [0.25, 0.3) is 0 Å². The number of benzene rings is 2. The molecule has 1 aliphatic heterocycles. The van der Waals surface area contributed by atoms with Crippen molar-refractivity contribution in [3.63, 3.8) is 0 Å². The van der Waals surface area contributed by atoms with E-state index in [1.165, 1.54) is 16.7 Å². The van der Waals surface area contributed by atoms with Crippen LogP contribution in [-0.2, 0) is 4.74 Å². The molecule has 0 radical (unpaired) electrons. The second-order valence-electron chi connectivity index (χ2n) is 5.93.